The Labute approximate surface area is 135 Å². The number of rotatable bonds is 6. The van der Waals surface area contributed by atoms with E-state index in [0.717, 1.165) is 42.0 Å². The van der Waals surface area contributed by atoms with Crippen LogP contribution in [0.25, 0.3) is 0 Å². The van der Waals surface area contributed by atoms with Gasteiger partial charge in [-0.25, -0.2) is 0 Å². The van der Waals surface area contributed by atoms with Gasteiger partial charge >= 0.3 is 0 Å². The second-order valence-corrected chi connectivity index (χ2v) is 5.68. The van der Waals surface area contributed by atoms with E-state index < -0.39 is 0 Å². The number of aryl methyl sites for hydroxylation is 1. The van der Waals surface area contributed by atoms with E-state index in [1.54, 1.807) is 0 Å². The van der Waals surface area contributed by atoms with Crippen LogP contribution in [0.2, 0.25) is 0 Å². The first-order valence-electron chi connectivity index (χ1n) is 7.99. The van der Waals surface area contributed by atoms with Crippen LogP contribution >= 0.6 is 0 Å². The number of H-pyrrole nitrogens is 1. The van der Waals surface area contributed by atoms with Gasteiger partial charge in [-0.3, -0.25) is 9.89 Å². The SMILES string of the molecule is Cc1ccccc1OCCCNC(=O)c1n[nH]c2c1CNCC2. The van der Waals surface area contributed by atoms with Crippen LogP contribution in [-0.4, -0.2) is 35.8 Å². The molecule has 2 heterocycles. The molecular formula is C17H22N4O2. The summed E-state index contributed by atoms with van der Waals surface area (Å²) in [6, 6.07) is 7.92. The fourth-order valence-corrected chi connectivity index (χ4v) is 2.67. The second-order valence-electron chi connectivity index (χ2n) is 5.68. The van der Waals surface area contributed by atoms with Crippen molar-refractivity contribution < 1.29 is 9.53 Å². The molecule has 1 aromatic carbocycles. The van der Waals surface area contributed by atoms with Gasteiger partial charge in [0.2, 0.25) is 0 Å². The molecule has 0 unspecified atom stereocenters. The number of hydrogen-bond acceptors (Lipinski definition) is 4. The molecule has 2 aromatic rings. The molecule has 6 heteroatoms. The molecule has 3 N–H and O–H groups in total. The van der Waals surface area contributed by atoms with Gasteiger partial charge in [-0.15, -0.1) is 0 Å². The fourth-order valence-electron chi connectivity index (χ4n) is 2.67. The number of para-hydroxylation sites is 1. The first-order chi connectivity index (χ1) is 11.3. The fraction of sp³-hybridized carbons (Fsp3) is 0.412. The Hall–Kier alpha value is -2.34. The Morgan fingerprint density at radius 1 is 1.39 bits per heavy atom. The molecule has 0 atom stereocenters. The number of nitrogens with zero attached hydrogens (tertiary/aromatic N) is 1. The van der Waals surface area contributed by atoms with Crippen LogP contribution in [0.4, 0.5) is 0 Å². The lowest BCUT2D eigenvalue weighted by molar-refractivity contribution is 0.0945. The van der Waals surface area contributed by atoms with Gasteiger partial charge in [-0.1, -0.05) is 18.2 Å². The van der Waals surface area contributed by atoms with Gasteiger partial charge in [-0.2, -0.15) is 5.10 Å². The smallest absolute Gasteiger partial charge is 0.272 e. The summed E-state index contributed by atoms with van der Waals surface area (Å²) in [6.07, 6.45) is 1.64. The van der Waals surface area contributed by atoms with Gasteiger partial charge in [0.15, 0.2) is 5.69 Å². The van der Waals surface area contributed by atoms with E-state index in [1.807, 2.05) is 31.2 Å². The summed E-state index contributed by atoms with van der Waals surface area (Å²) in [5, 5.41) is 13.3. The van der Waals surface area contributed by atoms with Crippen molar-refractivity contribution in [3.63, 3.8) is 0 Å². The maximum Gasteiger partial charge on any atom is 0.272 e. The minimum Gasteiger partial charge on any atom is -0.493 e. The molecular weight excluding hydrogens is 292 g/mol. The highest BCUT2D eigenvalue weighted by molar-refractivity contribution is 5.94. The number of carbonyl (C=O) groups is 1. The molecule has 0 radical (unpaired) electrons. The summed E-state index contributed by atoms with van der Waals surface area (Å²) in [5.74, 6) is 0.772. The normalized spacial score (nSPS) is 13.4. The minimum atomic E-state index is -0.123. The average Bonchev–Trinajstić information content (AvgIpc) is 3.00. The van der Waals surface area contributed by atoms with E-state index in [9.17, 15) is 4.79 Å². The van der Waals surface area contributed by atoms with Crippen LogP contribution in [0.1, 0.15) is 33.7 Å². The van der Waals surface area contributed by atoms with E-state index in [0.29, 0.717) is 25.4 Å². The van der Waals surface area contributed by atoms with E-state index in [2.05, 4.69) is 20.8 Å². The Morgan fingerprint density at radius 3 is 3.13 bits per heavy atom. The Morgan fingerprint density at radius 2 is 2.26 bits per heavy atom. The van der Waals surface area contributed by atoms with Gasteiger partial charge in [0.25, 0.3) is 5.91 Å². The van der Waals surface area contributed by atoms with Crippen molar-refractivity contribution in [1.82, 2.24) is 20.8 Å². The number of aromatic nitrogens is 2. The predicted molar refractivity (Wildman–Crippen MR) is 87.6 cm³/mol. The first-order valence-corrected chi connectivity index (χ1v) is 7.99. The van der Waals surface area contributed by atoms with E-state index in [1.165, 1.54) is 0 Å². The lowest BCUT2D eigenvalue weighted by atomic mass is 10.1. The summed E-state index contributed by atoms with van der Waals surface area (Å²) in [4.78, 5) is 12.2. The molecule has 0 saturated carbocycles. The third-order valence-corrected chi connectivity index (χ3v) is 3.98. The monoisotopic (exact) mass is 314 g/mol. The van der Waals surface area contributed by atoms with Crippen LogP contribution in [0.15, 0.2) is 24.3 Å². The summed E-state index contributed by atoms with van der Waals surface area (Å²) < 4.78 is 5.72. The minimum absolute atomic E-state index is 0.123. The van der Waals surface area contributed by atoms with Gasteiger partial charge in [0.1, 0.15) is 5.75 Å². The van der Waals surface area contributed by atoms with Crippen molar-refractivity contribution in [3.05, 3.63) is 46.8 Å². The number of fused-ring (bicyclic) bond motifs is 1. The highest BCUT2D eigenvalue weighted by Crippen LogP contribution is 2.16. The van der Waals surface area contributed by atoms with E-state index >= 15 is 0 Å². The number of ether oxygens (including phenoxy) is 1. The van der Waals surface area contributed by atoms with E-state index in [-0.39, 0.29) is 5.91 Å². The molecule has 6 nitrogen and oxygen atoms in total. The Balaban J connectivity index is 1.43. The number of hydrogen-bond donors (Lipinski definition) is 3. The number of amides is 1. The van der Waals surface area contributed by atoms with Crippen molar-refractivity contribution in [3.8, 4) is 5.75 Å². The molecule has 1 aromatic heterocycles. The molecule has 0 bridgehead atoms. The Bertz CT molecular complexity index is 681. The lowest BCUT2D eigenvalue weighted by Gasteiger charge is -2.13. The summed E-state index contributed by atoms with van der Waals surface area (Å²) >= 11 is 0. The van der Waals surface area contributed by atoms with Crippen LogP contribution in [0.3, 0.4) is 0 Å². The quantitative estimate of drug-likeness (QED) is 0.707. The van der Waals surface area contributed by atoms with Crippen molar-refractivity contribution in [2.45, 2.75) is 26.3 Å². The zero-order chi connectivity index (χ0) is 16.1. The maximum absolute atomic E-state index is 12.2. The molecule has 0 saturated heterocycles. The van der Waals surface area contributed by atoms with Gasteiger partial charge in [0.05, 0.1) is 6.61 Å². The van der Waals surface area contributed by atoms with Crippen molar-refractivity contribution in [2.24, 2.45) is 0 Å². The molecule has 3 rings (SSSR count). The second kappa shape index (κ2) is 7.28. The van der Waals surface area contributed by atoms with Gasteiger partial charge in [-0.05, 0) is 25.0 Å². The zero-order valence-corrected chi connectivity index (χ0v) is 13.3. The standard InChI is InChI=1S/C17H22N4O2/c1-12-5-2-3-6-15(12)23-10-4-8-19-17(22)16-13-11-18-9-7-14(13)20-21-16/h2-3,5-6,18H,4,7-11H2,1H3,(H,19,22)(H,20,21). The van der Waals surface area contributed by atoms with Crippen LogP contribution in [0, 0.1) is 6.92 Å². The van der Waals surface area contributed by atoms with E-state index in [4.69, 9.17) is 4.74 Å². The zero-order valence-electron chi connectivity index (χ0n) is 13.3. The molecule has 1 aliphatic heterocycles. The van der Waals surface area contributed by atoms with Crippen molar-refractivity contribution >= 4 is 5.91 Å². The molecule has 122 valence electrons. The van der Waals surface area contributed by atoms with Crippen molar-refractivity contribution in [1.29, 1.82) is 0 Å². The molecule has 1 aliphatic rings. The molecule has 0 fully saturated rings. The van der Waals surface area contributed by atoms with Crippen LogP contribution in [0.5, 0.6) is 5.75 Å². The first kappa shape index (κ1) is 15.6. The Kier molecular flexibility index (Phi) is 4.92. The topological polar surface area (TPSA) is 79.0 Å². The summed E-state index contributed by atoms with van der Waals surface area (Å²) in [6.45, 7) is 4.79. The van der Waals surface area contributed by atoms with Crippen molar-refractivity contribution in [2.75, 3.05) is 19.7 Å². The molecule has 23 heavy (non-hydrogen) atoms. The predicted octanol–water partition coefficient (Wildman–Crippen LogP) is 1.56. The number of benzene rings is 1. The van der Waals surface area contributed by atoms with Gasteiger partial charge in [0, 0.05) is 37.3 Å². The number of nitrogens with one attached hydrogen (secondary N) is 3. The van der Waals surface area contributed by atoms with Gasteiger partial charge < -0.3 is 15.4 Å². The molecule has 1 amide bonds. The highest BCUT2D eigenvalue weighted by Gasteiger charge is 2.20. The average molecular weight is 314 g/mol. The molecule has 0 aliphatic carbocycles. The third-order valence-electron chi connectivity index (χ3n) is 3.98. The lowest BCUT2D eigenvalue weighted by Crippen LogP contribution is -2.29. The number of carbonyl (C=O) groups excluding carboxylic acids is 1. The van der Waals surface area contributed by atoms with Crippen LogP contribution < -0.4 is 15.4 Å². The highest BCUT2D eigenvalue weighted by atomic mass is 16.5. The maximum atomic E-state index is 12.2. The third kappa shape index (κ3) is 3.71. The summed E-state index contributed by atoms with van der Waals surface area (Å²) in [7, 11) is 0. The van der Waals surface area contributed by atoms with Crippen LogP contribution in [-0.2, 0) is 13.0 Å². The summed E-state index contributed by atoms with van der Waals surface area (Å²) in [5.41, 5.74) is 3.68. The largest absolute Gasteiger partial charge is 0.493 e. The number of aromatic amines is 1. The molecule has 0 spiro atoms.